The van der Waals surface area contributed by atoms with Gasteiger partial charge in [-0.05, 0) is 49.5 Å². The van der Waals surface area contributed by atoms with Gasteiger partial charge in [-0.25, -0.2) is 0 Å². The maximum absolute atomic E-state index is 12.5. The molecule has 1 aliphatic carbocycles. The third-order valence-electron chi connectivity index (χ3n) is 4.60. The highest BCUT2D eigenvalue weighted by Gasteiger charge is 2.37. The van der Waals surface area contributed by atoms with Crippen molar-refractivity contribution in [3.8, 4) is 0 Å². The van der Waals surface area contributed by atoms with Gasteiger partial charge in [0, 0.05) is 18.1 Å². The molecule has 0 radical (unpaired) electrons. The number of benzene rings is 1. The Bertz CT molecular complexity index is 499. The third-order valence-corrected chi connectivity index (χ3v) is 4.85. The van der Waals surface area contributed by atoms with Gasteiger partial charge in [0.2, 0.25) is 5.91 Å². The van der Waals surface area contributed by atoms with E-state index < -0.39 is 0 Å². The molecule has 1 aromatic rings. The number of carbonyl (C=O) groups is 1. The van der Waals surface area contributed by atoms with Crippen molar-refractivity contribution >= 4 is 17.5 Å². The minimum Gasteiger partial charge on any atom is -0.378 e. The molecule has 1 fully saturated rings. The molecule has 1 amide bonds. The molecule has 0 saturated heterocycles. The largest absolute Gasteiger partial charge is 0.378 e. The fourth-order valence-corrected chi connectivity index (χ4v) is 3.06. The SMILES string of the molecule is CCN(CC)CCOCCNC(=O)C(c1ccc(Cl)cc1)C1CC1. The monoisotopic (exact) mass is 352 g/mol. The van der Waals surface area contributed by atoms with E-state index in [1.807, 2.05) is 24.3 Å². The van der Waals surface area contributed by atoms with Crippen LogP contribution in [0.5, 0.6) is 0 Å². The number of hydrogen-bond acceptors (Lipinski definition) is 3. The molecule has 1 aromatic carbocycles. The Morgan fingerprint density at radius 1 is 1.25 bits per heavy atom. The first-order chi connectivity index (χ1) is 11.7. The van der Waals surface area contributed by atoms with Crippen LogP contribution in [0.15, 0.2) is 24.3 Å². The Kier molecular flexibility index (Phi) is 8.03. The van der Waals surface area contributed by atoms with E-state index in [2.05, 4.69) is 24.1 Å². The topological polar surface area (TPSA) is 41.6 Å². The maximum atomic E-state index is 12.5. The molecule has 5 heteroatoms. The summed E-state index contributed by atoms with van der Waals surface area (Å²) >= 11 is 5.95. The van der Waals surface area contributed by atoms with E-state index in [1.54, 1.807) is 0 Å². The predicted octanol–water partition coefficient (Wildman–Crippen LogP) is 3.31. The molecule has 1 unspecified atom stereocenters. The lowest BCUT2D eigenvalue weighted by atomic mass is 9.93. The average Bonchev–Trinajstić information content (AvgIpc) is 3.41. The first-order valence-electron chi connectivity index (χ1n) is 8.99. The number of amides is 1. The fourth-order valence-electron chi connectivity index (χ4n) is 2.93. The lowest BCUT2D eigenvalue weighted by Crippen LogP contribution is -2.33. The third kappa shape index (κ3) is 6.08. The van der Waals surface area contributed by atoms with Crippen LogP contribution < -0.4 is 5.32 Å². The first kappa shape index (κ1) is 19.2. The summed E-state index contributed by atoms with van der Waals surface area (Å²) < 4.78 is 5.62. The van der Waals surface area contributed by atoms with E-state index in [0.717, 1.165) is 38.0 Å². The Morgan fingerprint density at radius 2 is 1.92 bits per heavy atom. The molecule has 134 valence electrons. The minimum absolute atomic E-state index is 0.0575. The summed E-state index contributed by atoms with van der Waals surface area (Å²) in [5, 5.41) is 3.73. The first-order valence-corrected chi connectivity index (χ1v) is 9.36. The van der Waals surface area contributed by atoms with Gasteiger partial charge in [0.25, 0.3) is 0 Å². The number of halogens is 1. The maximum Gasteiger partial charge on any atom is 0.227 e. The second kappa shape index (κ2) is 10.0. The van der Waals surface area contributed by atoms with Gasteiger partial charge < -0.3 is 15.0 Å². The number of nitrogens with zero attached hydrogens (tertiary/aromatic N) is 1. The summed E-state index contributed by atoms with van der Waals surface area (Å²) in [5.41, 5.74) is 1.06. The Hall–Kier alpha value is -1.10. The van der Waals surface area contributed by atoms with E-state index in [0.29, 0.717) is 30.7 Å². The van der Waals surface area contributed by atoms with Crippen molar-refractivity contribution in [1.82, 2.24) is 10.2 Å². The van der Waals surface area contributed by atoms with Crippen LogP contribution in [0.3, 0.4) is 0 Å². The zero-order valence-corrected chi connectivity index (χ0v) is 15.5. The van der Waals surface area contributed by atoms with E-state index in [9.17, 15) is 4.79 Å². The standard InChI is InChI=1S/C19H29ClN2O2/c1-3-22(4-2)12-14-24-13-11-21-19(23)18(15-5-6-15)16-7-9-17(20)10-8-16/h7-10,15,18H,3-6,11-14H2,1-2H3,(H,21,23). The van der Waals surface area contributed by atoms with Crippen LogP contribution in [0.25, 0.3) is 0 Å². The van der Waals surface area contributed by atoms with Gasteiger partial charge in [-0.15, -0.1) is 0 Å². The summed E-state index contributed by atoms with van der Waals surface area (Å²) in [6, 6.07) is 7.64. The van der Waals surface area contributed by atoms with Crippen LogP contribution in [-0.2, 0) is 9.53 Å². The zero-order valence-electron chi connectivity index (χ0n) is 14.8. The minimum atomic E-state index is -0.0575. The lowest BCUT2D eigenvalue weighted by Gasteiger charge is -2.18. The van der Waals surface area contributed by atoms with E-state index in [1.165, 1.54) is 0 Å². The van der Waals surface area contributed by atoms with Gasteiger partial charge in [0.1, 0.15) is 0 Å². The van der Waals surface area contributed by atoms with Crippen molar-refractivity contribution < 1.29 is 9.53 Å². The van der Waals surface area contributed by atoms with Gasteiger partial charge in [-0.1, -0.05) is 37.6 Å². The molecular formula is C19H29ClN2O2. The second-order valence-electron chi connectivity index (χ2n) is 6.30. The van der Waals surface area contributed by atoms with Crippen LogP contribution in [0.4, 0.5) is 0 Å². The van der Waals surface area contributed by atoms with Gasteiger partial charge in [-0.3, -0.25) is 4.79 Å². The van der Waals surface area contributed by atoms with Crippen LogP contribution in [0, 0.1) is 5.92 Å². The molecule has 1 N–H and O–H groups in total. The number of ether oxygens (including phenoxy) is 1. The number of carbonyl (C=O) groups excluding carboxylic acids is 1. The summed E-state index contributed by atoms with van der Waals surface area (Å²) in [6.07, 6.45) is 2.25. The van der Waals surface area contributed by atoms with Crippen molar-refractivity contribution in [2.75, 3.05) is 39.4 Å². The van der Waals surface area contributed by atoms with Crippen molar-refractivity contribution in [1.29, 1.82) is 0 Å². The summed E-state index contributed by atoms with van der Waals surface area (Å²) in [5.74, 6) is 0.514. The molecule has 1 aliphatic rings. The smallest absolute Gasteiger partial charge is 0.227 e. The van der Waals surface area contributed by atoms with Crippen LogP contribution >= 0.6 is 11.6 Å². The average molecular weight is 353 g/mol. The number of likely N-dealkylation sites (N-methyl/N-ethyl adjacent to an activating group) is 1. The molecule has 24 heavy (non-hydrogen) atoms. The molecule has 0 spiro atoms. The Labute approximate surface area is 150 Å². The van der Waals surface area contributed by atoms with Crippen LogP contribution in [0.2, 0.25) is 5.02 Å². The molecule has 4 nitrogen and oxygen atoms in total. The molecule has 0 aliphatic heterocycles. The summed E-state index contributed by atoms with van der Waals surface area (Å²) in [4.78, 5) is 14.9. The molecule has 1 atom stereocenters. The Balaban J connectivity index is 1.71. The van der Waals surface area contributed by atoms with E-state index in [-0.39, 0.29) is 11.8 Å². The van der Waals surface area contributed by atoms with Crippen molar-refractivity contribution in [2.45, 2.75) is 32.6 Å². The highest BCUT2D eigenvalue weighted by Crippen LogP contribution is 2.42. The molecule has 0 bridgehead atoms. The molecule has 1 saturated carbocycles. The molecule has 2 rings (SSSR count). The number of hydrogen-bond donors (Lipinski definition) is 1. The normalized spacial score (nSPS) is 15.5. The Morgan fingerprint density at radius 3 is 2.50 bits per heavy atom. The van der Waals surface area contributed by atoms with Crippen LogP contribution in [0.1, 0.15) is 38.2 Å². The highest BCUT2D eigenvalue weighted by molar-refractivity contribution is 6.30. The van der Waals surface area contributed by atoms with Gasteiger partial charge in [-0.2, -0.15) is 0 Å². The van der Waals surface area contributed by atoms with E-state index >= 15 is 0 Å². The lowest BCUT2D eigenvalue weighted by molar-refractivity contribution is -0.123. The van der Waals surface area contributed by atoms with Gasteiger partial charge in [0.15, 0.2) is 0 Å². The summed E-state index contributed by atoms with van der Waals surface area (Å²) in [7, 11) is 0. The predicted molar refractivity (Wildman–Crippen MR) is 98.5 cm³/mol. The molecule has 0 heterocycles. The number of nitrogens with one attached hydrogen (secondary N) is 1. The van der Waals surface area contributed by atoms with Crippen molar-refractivity contribution in [3.63, 3.8) is 0 Å². The second-order valence-corrected chi connectivity index (χ2v) is 6.73. The highest BCUT2D eigenvalue weighted by atomic mass is 35.5. The van der Waals surface area contributed by atoms with Gasteiger partial charge >= 0.3 is 0 Å². The number of rotatable bonds is 11. The zero-order chi connectivity index (χ0) is 17.4. The van der Waals surface area contributed by atoms with Crippen LogP contribution in [-0.4, -0.2) is 50.2 Å². The van der Waals surface area contributed by atoms with E-state index in [4.69, 9.17) is 16.3 Å². The molecule has 0 aromatic heterocycles. The van der Waals surface area contributed by atoms with Crippen molar-refractivity contribution in [2.24, 2.45) is 5.92 Å². The molecular weight excluding hydrogens is 324 g/mol. The summed E-state index contributed by atoms with van der Waals surface area (Å²) in [6.45, 7) is 9.16. The van der Waals surface area contributed by atoms with Gasteiger partial charge in [0.05, 0.1) is 19.1 Å². The quantitative estimate of drug-likeness (QED) is 0.621. The fraction of sp³-hybridized carbons (Fsp3) is 0.632. The van der Waals surface area contributed by atoms with Crippen molar-refractivity contribution in [3.05, 3.63) is 34.9 Å².